The molecule has 0 aliphatic rings. The Morgan fingerprint density at radius 1 is 0.190 bits per heavy atom. The second-order valence-corrected chi connectivity index (χ2v) is 14.5. The fourth-order valence-electron chi connectivity index (χ4n) is 8.37. The van der Waals surface area contributed by atoms with E-state index in [0.29, 0.717) is 0 Å². The van der Waals surface area contributed by atoms with Crippen LogP contribution in [0, 0.1) is 0 Å². The zero-order chi connectivity index (χ0) is 38.7. The van der Waals surface area contributed by atoms with E-state index in [1.54, 1.807) is 0 Å². The molecule has 10 aromatic rings. The van der Waals surface area contributed by atoms with E-state index in [1.165, 1.54) is 49.4 Å². The van der Waals surface area contributed by atoms with Gasteiger partial charge in [-0.05, 0) is 128 Å². The van der Waals surface area contributed by atoms with Gasteiger partial charge in [0.2, 0.25) is 0 Å². The quantitative estimate of drug-likeness (QED) is 0.136. The van der Waals surface area contributed by atoms with Gasteiger partial charge in [-0.1, -0.05) is 170 Å². The number of rotatable bonds is 9. The summed E-state index contributed by atoms with van der Waals surface area (Å²) in [5, 5.41) is 4.95. The molecule has 10 rings (SSSR count). The van der Waals surface area contributed by atoms with Crippen molar-refractivity contribution in [3.05, 3.63) is 243 Å². The molecule has 0 fully saturated rings. The molecule has 0 N–H and O–H groups in total. The highest BCUT2D eigenvalue weighted by Crippen LogP contribution is 2.46. The van der Waals surface area contributed by atoms with Crippen LogP contribution in [0.5, 0.6) is 0 Å². The van der Waals surface area contributed by atoms with E-state index in [2.05, 4.69) is 252 Å². The Morgan fingerprint density at radius 2 is 0.483 bits per heavy atom. The summed E-state index contributed by atoms with van der Waals surface area (Å²) in [6.45, 7) is 0. The van der Waals surface area contributed by atoms with Crippen LogP contribution in [0.15, 0.2) is 243 Å². The van der Waals surface area contributed by atoms with Gasteiger partial charge in [0.05, 0.1) is 0 Å². The smallest absolute Gasteiger partial charge is 0.0468 e. The van der Waals surface area contributed by atoms with Crippen LogP contribution in [0.3, 0.4) is 0 Å². The number of anilines is 6. The van der Waals surface area contributed by atoms with Gasteiger partial charge in [0.1, 0.15) is 0 Å². The summed E-state index contributed by atoms with van der Waals surface area (Å²) in [6, 6.07) is 87.1. The molecule has 0 amide bonds. The lowest BCUT2D eigenvalue weighted by Crippen LogP contribution is -2.10. The summed E-state index contributed by atoms with van der Waals surface area (Å²) in [6.07, 6.45) is 0. The first-order valence-corrected chi connectivity index (χ1v) is 19.9. The van der Waals surface area contributed by atoms with Crippen LogP contribution in [-0.2, 0) is 0 Å². The highest BCUT2D eigenvalue weighted by molar-refractivity contribution is 6.22. The van der Waals surface area contributed by atoms with Crippen LogP contribution < -0.4 is 9.80 Å². The second-order valence-electron chi connectivity index (χ2n) is 14.5. The van der Waals surface area contributed by atoms with Crippen molar-refractivity contribution in [1.29, 1.82) is 0 Å². The van der Waals surface area contributed by atoms with Gasteiger partial charge in [0.25, 0.3) is 0 Å². The molecule has 58 heavy (non-hydrogen) atoms. The maximum Gasteiger partial charge on any atom is 0.0468 e. The minimum atomic E-state index is 1.09. The maximum absolute atomic E-state index is 2.39. The number of benzene rings is 10. The van der Waals surface area contributed by atoms with Crippen molar-refractivity contribution in [3.63, 3.8) is 0 Å². The molecule has 0 atom stereocenters. The predicted octanol–water partition coefficient (Wildman–Crippen LogP) is 15.9. The molecule has 10 aromatic carbocycles. The number of para-hydroxylation sites is 3. The highest BCUT2D eigenvalue weighted by atomic mass is 15.1. The summed E-state index contributed by atoms with van der Waals surface area (Å²) in [5.74, 6) is 0. The first-order valence-electron chi connectivity index (χ1n) is 19.9. The lowest BCUT2D eigenvalue weighted by Gasteiger charge is -2.27. The van der Waals surface area contributed by atoms with Crippen molar-refractivity contribution < 1.29 is 0 Å². The van der Waals surface area contributed by atoms with Crippen LogP contribution >= 0.6 is 0 Å². The minimum absolute atomic E-state index is 1.09. The molecule has 0 saturated carbocycles. The maximum atomic E-state index is 2.39. The molecule has 274 valence electrons. The van der Waals surface area contributed by atoms with E-state index in [-0.39, 0.29) is 0 Å². The fraction of sp³-hybridized carbons (Fsp3) is 0. The third-order valence-corrected chi connectivity index (χ3v) is 11.0. The Hall–Kier alpha value is -7.68. The first-order chi connectivity index (χ1) is 28.8. The van der Waals surface area contributed by atoms with Gasteiger partial charge in [-0.2, -0.15) is 0 Å². The van der Waals surface area contributed by atoms with Crippen LogP contribution in [0.2, 0.25) is 0 Å². The summed E-state index contributed by atoms with van der Waals surface area (Å²) in [4.78, 5) is 4.67. The highest BCUT2D eigenvalue weighted by Gasteiger charge is 2.20. The van der Waals surface area contributed by atoms with E-state index in [0.717, 1.165) is 39.7 Å². The van der Waals surface area contributed by atoms with Gasteiger partial charge in [-0.25, -0.2) is 0 Å². The molecule has 0 aromatic heterocycles. The van der Waals surface area contributed by atoms with Crippen molar-refractivity contribution in [1.82, 2.24) is 0 Å². The lowest BCUT2D eigenvalue weighted by atomic mass is 9.85. The molecule has 0 heterocycles. The molecule has 0 aliphatic heterocycles. The average Bonchev–Trinajstić information content (AvgIpc) is 3.30. The molecule has 0 radical (unpaired) electrons. The molecule has 0 saturated heterocycles. The number of hydrogen-bond donors (Lipinski definition) is 0. The molecular weight excluding hydrogens is 701 g/mol. The molecule has 2 nitrogen and oxygen atoms in total. The van der Waals surface area contributed by atoms with Gasteiger partial charge >= 0.3 is 0 Å². The van der Waals surface area contributed by atoms with E-state index < -0.39 is 0 Å². The van der Waals surface area contributed by atoms with E-state index in [4.69, 9.17) is 0 Å². The van der Waals surface area contributed by atoms with Crippen molar-refractivity contribution in [2.24, 2.45) is 0 Å². The molecule has 0 spiro atoms. The second kappa shape index (κ2) is 15.5. The molecular formula is C56H40N2. The third-order valence-electron chi connectivity index (χ3n) is 11.0. The van der Waals surface area contributed by atoms with Crippen LogP contribution in [0.4, 0.5) is 34.1 Å². The van der Waals surface area contributed by atoms with Gasteiger partial charge < -0.3 is 9.80 Å². The summed E-state index contributed by atoms with van der Waals surface area (Å²) in [7, 11) is 0. The van der Waals surface area contributed by atoms with Crippen LogP contribution in [0.1, 0.15) is 0 Å². The standard InChI is InChI=1S/C56H40N2/c1-6-18-43(19-7-1)55-51-28-16-17-29-52(51)56(44-20-8-2-9-21-44)54-40-50(38-39-53(54)55)58(47-26-14-5-15-27-47)49-36-32-42(33-37-49)41-30-34-48(35-31-41)57(45-22-10-3-11-23-45)46-24-12-4-13-25-46/h1-40H. The predicted molar refractivity (Wildman–Crippen MR) is 247 cm³/mol. The average molecular weight is 741 g/mol. The van der Waals surface area contributed by atoms with E-state index in [1.807, 2.05) is 0 Å². The van der Waals surface area contributed by atoms with E-state index >= 15 is 0 Å². The van der Waals surface area contributed by atoms with Crippen molar-refractivity contribution in [3.8, 4) is 33.4 Å². The zero-order valence-corrected chi connectivity index (χ0v) is 32.0. The van der Waals surface area contributed by atoms with E-state index in [9.17, 15) is 0 Å². The van der Waals surface area contributed by atoms with Gasteiger partial charge in [-0.15, -0.1) is 0 Å². The Labute approximate surface area is 340 Å². The number of hydrogen-bond acceptors (Lipinski definition) is 2. The molecule has 0 aliphatic carbocycles. The Kier molecular flexibility index (Phi) is 9.27. The number of nitrogens with zero attached hydrogens (tertiary/aromatic N) is 2. The SMILES string of the molecule is c1ccc(-c2c3ccccc3c(-c3ccccc3)c3cc(N(c4ccccc4)c4ccc(-c5ccc(N(c6ccccc6)c6ccccc6)cc5)cc4)ccc23)cc1. The van der Waals surface area contributed by atoms with Gasteiger partial charge in [0, 0.05) is 34.1 Å². The fourth-order valence-corrected chi connectivity index (χ4v) is 8.37. The van der Waals surface area contributed by atoms with Crippen molar-refractivity contribution in [2.45, 2.75) is 0 Å². The molecule has 2 heteroatoms. The Balaban J connectivity index is 1.08. The minimum Gasteiger partial charge on any atom is -0.311 e. The summed E-state index contributed by atoms with van der Waals surface area (Å²) >= 11 is 0. The van der Waals surface area contributed by atoms with Gasteiger partial charge in [0.15, 0.2) is 0 Å². The van der Waals surface area contributed by atoms with Crippen LogP contribution in [0.25, 0.3) is 54.9 Å². The monoisotopic (exact) mass is 740 g/mol. The zero-order valence-electron chi connectivity index (χ0n) is 32.0. The summed E-state index contributed by atoms with van der Waals surface area (Å²) in [5.41, 5.74) is 13.9. The largest absolute Gasteiger partial charge is 0.311 e. The van der Waals surface area contributed by atoms with Crippen LogP contribution in [-0.4, -0.2) is 0 Å². The van der Waals surface area contributed by atoms with Gasteiger partial charge in [-0.3, -0.25) is 0 Å². The first kappa shape index (κ1) is 34.8. The number of fused-ring (bicyclic) bond motifs is 2. The molecule has 0 bridgehead atoms. The Bertz CT molecular complexity index is 2910. The van der Waals surface area contributed by atoms with Crippen molar-refractivity contribution in [2.75, 3.05) is 9.80 Å². The molecule has 0 unspecified atom stereocenters. The third kappa shape index (κ3) is 6.57. The normalized spacial score (nSPS) is 11.1. The summed E-state index contributed by atoms with van der Waals surface area (Å²) < 4.78 is 0. The van der Waals surface area contributed by atoms with Crippen molar-refractivity contribution >= 4 is 55.7 Å². The lowest BCUT2D eigenvalue weighted by molar-refractivity contribution is 1.28. The topological polar surface area (TPSA) is 6.48 Å². The Morgan fingerprint density at radius 3 is 0.897 bits per heavy atom.